The number of para-hydroxylation sites is 4. The average Bonchev–Trinajstić information content (AvgIpc) is 1.55. The highest BCUT2D eigenvalue weighted by Gasteiger charge is 2.25. The third-order valence-electron chi connectivity index (χ3n) is 22.3. The van der Waals surface area contributed by atoms with Crippen LogP contribution in [-0.2, 0) is 0 Å². The summed E-state index contributed by atoms with van der Waals surface area (Å²) in [5.41, 5.74) is 26.0. The molecule has 18 aromatic carbocycles. The maximum absolute atomic E-state index is 6.96. The molecule has 22 rings (SSSR count). The highest BCUT2D eigenvalue weighted by molar-refractivity contribution is 7.26. The second kappa shape index (κ2) is 26.0. The van der Waals surface area contributed by atoms with Crippen molar-refractivity contribution in [1.29, 1.82) is 0 Å². The lowest BCUT2D eigenvalue weighted by Crippen LogP contribution is -2.11. The molecule has 4 nitrogen and oxygen atoms in total. The number of fused-ring (bicyclic) bond motifs is 14. The monoisotopic (exact) mass is 1440 g/mol. The number of rotatable bonds is 13. The van der Waals surface area contributed by atoms with Crippen LogP contribution in [0.2, 0.25) is 0 Å². The Morgan fingerprint density at radius 2 is 0.609 bits per heavy atom. The molecule has 0 amide bonds. The lowest BCUT2D eigenvalue weighted by Gasteiger charge is -2.29. The molecule has 0 fully saturated rings. The Balaban J connectivity index is 0.604. The highest BCUT2D eigenvalue weighted by Crippen LogP contribution is 2.50. The first-order chi connectivity index (χ1) is 54.5. The fourth-order valence-electron chi connectivity index (χ4n) is 17.2. The lowest BCUT2D eigenvalue weighted by atomic mass is 9.95. The summed E-state index contributed by atoms with van der Waals surface area (Å²) in [6.45, 7) is 0. The Bertz CT molecular complexity index is 7430. The average molecular weight is 1440 g/mol. The van der Waals surface area contributed by atoms with Gasteiger partial charge in [0.25, 0.3) is 0 Å². The molecule has 0 bridgehead atoms. The van der Waals surface area contributed by atoms with Gasteiger partial charge in [0.1, 0.15) is 22.3 Å². The summed E-state index contributed by atoms with van der Waals surface area (Å²) in [6.07, 6.45) is 0. The lowest BCUT2D eigenvalue weighted by molar-refractivity contribution is 0.669. The van der Waals surface area contributed by atoms with Crippen molar-refractivity contribution in [2.24, 2.45) is 0 Å². The van der Waals surface area contributed by atoms with Crippen LogP contribution >= 0.6 is 22.7 Å². The van der Waals surface area contributed by atoms with Gasteiger partial charge in [-0.2, -0.15) is 0 Å². The first kappa shape index (κ1) is 63.4. The van der Waals surface area contributed by atoms with Gasteiger partial charge in [0.15, 0.2) is 0 Å². The Morgan fingerprint density at radius 1 is 0.191 bits per heavy atom. The molecule has 4 aromatic heterocycles. The predicted octanol–water partition coefficient (Wildman–Crippen LogP) is 31.1. The number of nitrogens with zero attached hydrogens (tertiary/aromatic N) is 2. The first-order valence-electron chi connectivity index (χ1n) is 37.4. The maximum atomic E-state index is 6.96. The fourth-order valence-corrected chi connectivity index (χ4v) is 19.5. The summed E-state index contributed by atoms with van der Waals surface area (Å²) >= 11 is 3.71. The molecule has 0 spiro atoms. The van der Waals surface area contributed by atoms with Crippen molar-refractivity contribution in [2.45, 2.75) is 0 Å². The van der Waals surface area contributed by atoms with Crippen molar-refractivity contribution in [2.75, 3.05) is 9.80 Å². The van der Waals surface area contributed by atoms with Crippen LogP contribution in [0.3, 0.4) is 0 Å². The van der Waals surface area contributed by atoms with Crippen molar-refractivity contribution >= 4 is 163 Å². The molecular weight excluding hydrogens is 1370 g/mol. The minimum absolute atomic E-state index is 0.856. The van der Waals surface area contributed by atoms with Crippen LogP contribution in [0.15, 0.2) is 397 Å². The molecular formula is C104H64N2O2S2. The van der Waals surface area contributed by atoms with Crippen molar-refractivity contribution < 1.29 is 8.83 Å². The summed E-state index contributed by atoms with van der Waals surface area (Å²) < 4.78 is 18.4. The second-order valence-corrected chi connectivity index (χ2v) is 30.7. The molecule has 0 N–H and O–H groups in total. The van der Waals surface area contributed by atoms with E-state index in [1.807, 2.05) is 34.8 Å². The number of furan rings is 2. The number of hydrogen-bond donors (Lipinski definition) is 0. The molecule has 0 aliphatic heterocycles. The maximum Gasteiger partial charge on any atom is 0.143 e. The normalized spacial score (nSPS) is 11.8. The molecule has 0 aliphatic carbocycles. The van der Waals surface area contributed by atoms with Gasteiger partial charge in [0, 0.05) is 101 Å². The van der Waals surface area contributed by atoms with Gasteiger partial charge in [-0.1, -0.05) is 273 Å². The molecule has 22 aromatic rings. The zero-order chi connectivity index (χ0) is 72.3. The van der Waals surface area contributed by atoms with E-state index in [1.165, 1.54) is 89.7 Å². The Kier molecular flexibility index (Phi) is 15.0. The Hall–Kier alpha value is -13.9. The van der Waals surface area contributed by atoms with E-state index < -0.39 is 0 Å². The van der Waals surface area contributed by atoms with Gasteiger partial charge in [0.2, 0.25) is 0 Å². The van der Waals surface area contributed by atoms with Gasteiger partial charge >= 0.3 is 0 Å². The van der Waals surface area contributed by atoms with Crippen LogP contribution < -0.4 is 9.80 Å². The number of anilines is 6. The van der Waals surface area contributed by atoms with E-state index in [0.29, 0.717) is 0 Å². The van der Waals surface area contributed by atoms with E-state index in [2.05, 4.69) is 386 Å². The van der Waals surface area contributed by atoms with E-state index in [1.54, 1.807) is 0 Å². The molecule has 514 valence electrons. The minimum atomic E-state index is 0.856. The van der Waals surface area contributed by atoms with Gasteiger partial charge in [-0.25, -0.2) is 0 Å². The molecule has 0 unspecified atom stereocenters. The second-order valence-electron chi connectivity index (χ2n) is 28.5. The number of thiophene rings is 2. The summed E-state index contributed by atoms with van der Waals surface area (Å²) in [5, 5.41) is 14.3. The summed E-state index contributed by atoms with van der Waals surface area (Å²) in [5.74, 6) is 0. The van der Waals surface area contributed by atoms with E-state index in [4.69, 9.17) is 8.83 Å². The largest absolute Gasteiger partial charge is 0.456 e. The highest BCUT2D eigenvalue weighted by atomic mass is 32.1. The number of benzene rings is 18. The van der Waals surface area contributed by atoms with Gasteiger partial charge in [0.05, 0.1) is 11.4 Å². The van der Waals surface area contributed by atoms with Crippen LogP contribution in [0, 0.1) is 0 Å². The van der Waals surface area contributed by atoms with Gasteiger partial charge in [-0.15, -0.1) is 22.7 Å². The summed E-state index contributed by atoms with van der Waals surface area (Å²) in [7, 11) is 0. The van der Waals surface area contributed by atoms with Crippen molar-refractivity contribution in [3.05, 3.63) is 388 Å². The molecule has 0 saturated carbocycles. The zero-order valence-corrected chi connectivity index (χ0v) is 61.1. The third-order valence-corrected chi connectivity index (χ3v) is 24.5. The SMILES string of the molecule is c1cc(-c2cccc3sc4ccccc4c23)cc(N(c2ccc(-c3cccc4c3oc3ccc(-c5ccc6c(c5)sc5cccc(-c7cccc(N(c8ccc(-c9ccc%10c(c9)oc9ccccc9%10)cc8)c8ccccc8-c8cccc9ccccc89)c7)c56)cc34)cc2)c2ccccc2-c2cccc3ccccc23)c1. The molecule has 4 heterocycles. The van der Waals surface area contributed by atoms with Crippen LogP contribution in [0.4, 0.5) is 34.1 Å². The van der Waals surface area contributed by atoms with Crippen LogP contribution in [0.5, 0.6) is 0 Å². The molecule has 0 atom stereocenters. The van der Waals surface area contributed by atoms with Crippen molar-refractivity contribution in [3.8, 4) is 77.9 Å². The van der Waals surface area contributed by atoms with Gasteiger partial charge in [-0.3, -0.25) is 0 Å². The smallest absolute Gasteiger partial charge is 0.143 e. The molecule has 6 heteroatoms. The standard InChI is InChI=1S/C104H64N2O2S2/c1-3-28-78-66(20-1)22-15-37-83(78)85-30-5-9-40-93(85)105(74-53-46-65(47-54-74)70-50-57-88-87-32-7-11-42-95(87)107-97(88)63-70)76-26-14-25-73(61-76)81-35-19-45-100-103(81)91-58-51-71(64-101(91)110-100)69-52-59-96-92(62-69)89-39-17-36-82(104(89)108-96)68-48-55-75(56-49-68)106(94-41-10-6-31-86(94)84-38-16-23-67-21-2-4-29-79(67)84)77-27-13-24-72(60-77)80-34-18-44-99-102(80)90-33-8-12-43-98(90)109-99/h1-64H. The van der Waals surface area contributed by atoms with Crippen LogP contribution in [-0.4, -0.2) is 0 Å². The molecule has 0 radical (unpaired) electrons. The van der Waals surface area contributed by atoms with E-state index in [-0.39, 0.29) is 0 Å². The third kappa shape index (κ3) is 10.6. The fraction of sp³-hybridized carbons (Fsp3) is 0. The minimum Gasteiger partial charge on any atom is -0.456 e. The first-order valence-corrected chi connectivity index (χ1v) is 39.0. The van der Waals surface area contributed by atoms with Crippen molar-refractivity contribution in [1.82, 2.24) is 0 Å². The zero-order valence-electron chi connectivity index (χ0n) is 59.5. The topological polar surface area (TPSA) is 32.8 Å². The van der Waals surface area contributed by atoms with Crippen LogP contribution in [0.1, 0.15) is 0 Å². The molecule has 0 aliphatic rings. The van der Waals surface area contributed by atoms with Crippen molar-refractivity contribution in [3.63, 3.8) is 0 Å². The van der Waals surface area contributed by atoms with Crippen LogP contribution in [0.25, 0.3) is 184 Å². The van der Waals surface area contributed by atoms with E-state index >= 15 is 0 Å². The predicted molar refractivity (Wildman–Crippen MR) is 469 cm³/mol. The van der Waals surface area contributed by atoms with Gasteiger partial charge in [-0.05, 0) is 198 Å². The number of hydrogen-bond acceptors (Lipinski definition) is 6. The molecule has 110 heavy (non-hydrogen) atoms. The van der Waals surface area contributed by atoms with E-state index in [0.717, 1.165) is 128 Å². The van der Waals surface area contributed by atoms with Gasteiger partial charge < -0.3 is 18.6 Å². The van der Waals surface area contributed by atoms with E-state index in [9.17, 15) is 0 Å². The Morgan fingerprint density at radius 3 is 1.26 bits per heavy atom. The molecule has 0 saturated heterocycles. The summed E-state index contributed by atoms with van der Waals surface area (Å²) in [6, 6.07) is 142. The Labute approximate surface area is 642 Å². The quantitative estimate of drug-likeness (QED) is 0.115. The summed E-state index contributed by atoms with van der Waals surface area (Å²) in [4.78, 5) is 4.87.